The molecule has 5 nitrogen and oxygen atoms in total. The van der Waals surface area contributed by atoms with E-state index in [9.17, 15) is 4.79 Å². The van der Waals surface area contributed by atoms with Crippen LogP contribution in [0.1, 0.15) is 38.4 Å². The van der Waals surface area contributed by atoms with Crippen molar-refractivity contribution in [1.82, 2.24) is 14.5 Å². The van der Waals surface area contributed by atoms with Crippen molar-refractivity contribution in [2.24, 2.45) is 0 Å². The van der Waals surface area contributed by atoms with Crippen LogP contribution in [-0.2, 0) is 17.9 Å². The van der Waals surface area contributed by atoms with E-state index in [2.05, 4.69) is 22.5 Å². The molecule has 0 aliphatic carbocycles. The van der Waals surface area contributed by atoms with Gasteiger partial charge in [-0.2, -0.15) is 0 Å². The molecule has 0 spiro atoms. The Balaban J connectivity index is 1.86. The van der Waals surface area contributed by atoms with Crippen LogP contribution >= 0.6 is 0 Å². The number of carboxylic acid groups (broad SMARTS) is 1. The number of aliphatic carboxylic acids is 1. The lowest BCUT2D eigenvalue weighted by Gasteiger charge is -2.23. The average Bonchev–Trinajstić information content (AvgIpc) is 3.05. The fourth-order valence-electron chi connectivity index (χ4n) is 3.44. The van der Waals surface area contributed by atoms with E-state index in [0.29, 0.717) is 0 Å². The molecule has 1 aromatic carbocycles. The van der Waals surface area contributed by atoms with Crippen molar-refractivity contribution in [1.29, 1.82) is 0 Å². The van der Waals surface area contributed by atoms with Crippen LogP contribution in [0, 0.1) is 0 Å². The summed E-state index contributed by atoms with van der Waals surface area (Å²) in [5.74, 6) is 0.347. The van der Waals surface area contributed by atoms with Gasteiger partial charge in [0, 0.05) is 12.6 Å². The minimum absolute atomic E-state index is 0.146. The van der Waals surface area contributed by atoms with Crippen molar-refractivity contribution in [2.45, 2.75) is 51.7 Å². The van der Waals surface area contributed by atoms with Crippen LogP contribution in [0.25, 0.3) is 11.0 Å². The number of carboxylic acids is 1. The highest BCUT2D eigenvalue weighted by atomic mass is 16.4. The third-order valence-electron chi connectivity index (χ3n) is 4.43. The highest BCUT2D eigenvalue weighted by molar-refractivity contribution is 5.75. The van der Waals surface area contributed by atoms with Crippen molar-refractivity contribution in [3.63, 3.8) is 0 Å². The number of nitrogens with zero attached hydrogens (tertiary/aromatic N) is 3. The summed E-state index contributed by atoms with van der Waals surface area (Å²) in [4.78, 5) is 18.1. The predicted octanol–water partition coefficient (Wildman–Crippen LogP) is 2.89. The first-order valence-electron chi connectivity index (χ1n) is 8.09. The van der Waals surface area contributed by atoms with Gasteiger partial charge in [0.15, 0.2) is 0 Å². The molecule has 0 amide bonds. The van der Waals surface area contributed by atoms with Crippen LogP contribution in [-0.4, -0.2) is 38.1 Å². The third kappa shape index (κ3) is 2.99. The minimum atomic E-state index is -0.709. The lowest BCUT2D eigenvalue weighted by molar-refractivity contribution is -0.138. The molecule has 1 unspecified atom stereocenters. The van der Waals surface area contributed by atoms with E-state index >= 15 is 0 Å². The molecule has 2 aromatic rings. The minimum Gasteiger partial charge on any atom is -0.481 e. The van der Waals surface area contributed by atoms with Gasteiger partial charge in [-0.05, 0) is 37.9 Å². The van der Waals surface area contributed by atoms with Gasteiger partial charge >= 0.3 is 5.97 Å². The van der Waals surface area contributed by atoms with Gasteiger partial charge in [-0.1, -0.05) is 19.1 Å². The summed E-state index contributed by atoms with van der Waals surface area (Å²) in [6, 6.07) is 8.36. The molecule has 1 N–H and O–H groups in total. The second kappa shape index (κ2) is 6.48. The third-order valence-corrected chi connectivity index (χ3v) is 4.43. The number of benzene rings is 1. The number of para-hydroxylation sites is 2. The molecule has 1 aliphatic rings. The molecule has 22 heavy (non-hydrogen) atoms. The number of fused-ring (bicyclic) bond motifs is 1. The van der Waals surface area contributed by atoms with Crippen molar-refractivity contribution in [3.05, 3.63) is 30.1 Å². The number of aryl methyl sites for hydroxylation is 1. The zero-order valence-corrected chi connectivity index (χ0v) is 13.0. The fourth-order valence-corrected chi connectivity index (χ4v) is 3.44. The Bertz CT molecular complexity index is 665. The maximum atomic E-state index is 11.0. The van der Waals surface area contributed by atoms with Crippen molar-refractivity contribution >= 4 is 17.0 Å². The van der Waals surface area contributed by atoms with Gasteiger partial charge in [-0.25, -0.2) is 4.98 Å². The van der Waals surface area contributed by atoms with Crippen LogP contribution < -0.4 is 0 Å². The van der Waals surface area contributed by atoms with E-state index in [1.165, 1.54) is 5.52 Å². The van der Waals surface area contributed by atoms with Gasteiger partial charge in [0.25, 0.3) is 0 Å². The van der Waals surface area contributed by atoms with Crippen molar-refractivity contribution in [3.8, 4) is 0 Å². The van der Waals surface area contributed by atoms with E-state index in [4.69, 9.17) is 10.1 Å². The summed E-state index contributed by atoms with van der Waals surface area (Å²) in [5.41, 5.74) is 2.20. The number of aromatic nitrogens is 2. The molecule has 3 rings (SSSR count). The smallest absolute Gasteiger partial charge is 0.304 e. The van der Waals surface area contributed by atoms with Gasteiger partial charge in [-0.3, -0.25) is 9.69 Å². The predicted molar refractivity (Wildman–Crippen MR) is 85.7 cm³/mol. The van der Waals surface area contributed by atoms with Crippen LogP contribution in [0.15, 0.2) is 24.3 Å². The molecule has 1 atom stereocenters. The van der Waals surface area contributed by atoms with Crippen molar-refractivity contribution in [2.75, 3.05) is 6.54 Å². The number of likely N-dealkylation sites (tertiary alicyclic amines) is 1. The van der Waals surface area contributed by atoms with Gasteiger partial charge in [0.1, 0.15) is 5.82 Å². The average molecular weight is 301 g/mol. The Morgan fingerprint density at radius 2 is 2.23 bits per heavy atom. The molecule has 0 radical (unpaired) electrons. The Morgan fingerprint density at radius 1 is 1.41 bits per heavy atom. The number of hydrogen-bond acceptors (Lipinski definition) is 3. The first kappa shape index (κ1) is 15.0. The maximum absolute atomic E-state index is 11.0. The standard InChI is InChI=1S/C17H23N3O2/c1-2-9-20-15-8-4-3-7-14(15)18-16(20)12-19-10-5-6-13(19)11-17(21)22/h3-4,7-8,13H,2,5-6,9-12H2,1H3,(H,21,22). The lowest BCUT2D eigenvalue weighted by atomic mass is 10.1. The monoisotopic (exact) mass is 301 g/mol. The van der Waals surface area contributed by atoms with E-state index < -0.39 is 5.97 Å². The first-order chi connectivity index (χ1) is 10.7. The van der Waals surface area contributed by atoms with Crippen LogP contribution in [0.4, 0.5) is 0 Å². The number of carbonyl (C=O) groups is 1. The Kier molecular flexibility index (Phi) is 4.43. The van der Waals surface area contributed by atoms with E-state index in [-0.39, 0.29) is 12.5 Å². The molecular weight excluding hydrogens is 278 g/mol. The summed E-state index contributed by atoms with van der Waals surface area (Å²) in [6.45, 7) is 4.83. The second-order valence-corrected chi connectivity index (χ2v) is 6.03. The summed E-state index contributed by atoms with van der Waals surface area (Å²) < 4.78 is 2.28. The molecule has 2 heterocycles. The second-order valence-electron chi connectivity index (χ2n) is 6.03. The zero-order valence-electron chi connectivity index (χ0n) is 13.0. The molecule has 1 aliphatic heterocycles. The molecule has 5 heteroatoms. The molecule has 118 valence electrons. The normalized spacial score (nSPS) is 19.0. The first-order valence-corrected chi connectivity index (χ1v) is 8.09. The van der Waals surface area contributed by atoms with Gasteiger partial charge < -0.3 is 9.67 Å². The Morgan fingerprint density at radius 3 is 3.00 bits per heavy atom. The van der Waals surface area contributed by atoms with E-state index in [1.54, 1.807) is 0 Å². The number of rotatable bonds is 6. The molecule has 1 aromatic heterocycles. The van der Waals surface area contributed by atoms with Gasteiger partial charge in [0.05, 0.1) is 24.0 Å². The number of imidazole rings is 1. The molecule has 0 bridgehead atoms. The van der Waals surface area contributed by atoms with E-state index in [1.807, 2.05) is 18.2 Å². The largest absolute Gasteiger partial charge is 0.481 e. The summed E-state index contributed by atoms with van der Waals surface area (Å²) >= 11 is 0. The van der Waals surface area contributed by atoms with Crippen LogP contribution in [0.5, 0.6) is 0 Å². The Hall–Kier alpha value is -1.88. The topological polar surface area (TPSA) is 58.4 Å². The van der Waals surface area contributed by atoms with Gasteiger partial charge in [0.2, 0.25) is 0 Å². The molecule has 1 saturated heterocycles. The quantitative estimate of drug-likeness (QED) is 0.891. The lowest BCUT2D eigenvalue weighted by Crippen LogP contribution is -2.32. The van der Waals surface area contributed by atoms with E-state index in [0.717, 1.165) is 50.2 Å². The summed E-state index contributed by atoms with van der Waals surface area (Å²) in [7, 11) is 0. The Labute approximate surface area is 130 Å². The molecular formula is C17H23N3O2. The van der Waals surface area contributed by atoms with Crippen LogP contribution in [0.3, 0.4) is 0 Å². The van der Waals surface area contributed by atoms with Crippen molar-refractivity contribution < 1.29 is 9.90 Å². The highest BCUT2D eigenvalue weighted by Gasteiger charge is 2.27. The van der Waals surface area contributed by atoms with Gasteiger partial charge in [-0.15, -0.1) is 0 Å². The fraction of sp³-hybridized carbons (Fsp3) is 0.529. The maximum Gasteiger partial charge on any atom is 0.304 e. The number of hydrogen-bond donors (Lipinski definition) is 1. The molecule has 0 saturated carbocycles. The summed E-state index contributed by atoms with van der Waals surface area (Å²) in [5, 5.41) is 9.06. The molecule has 1 fully saturated rings. The highest BCUT2D eigenvalue weighted by Crippen LogP contribution is 2.24. The SMILES string of the molecule is CCCn1c(CN2CCCC2CC(=O)O)nc2ccccc21. The van der Waals surface area contributed by atoms with Crippen LogP contribution in [0.2, 0.25) is 0 Å². The summed E-state index contributed by atoms with van der Waals surface area (Å²) in [6.07, 6.45) is 3.34. The zero-order chi connectivity index (χ0) is 15.5.